The summed E-state index contributed by atoms with van der Waals surface area (Å²) in [7, 11) is 0. The maximum absolute atomic E-state index is 5.59. The van der Waals surface area contributed by atoms with Crippen LogP contribution in [0.15, 0.2) is 18.2 Å². The van der Waals surface area contributed by atoms with Crippen LogP contribution in [-0.4, -0.2) is 19.7 Å². The molecule has 0 spiro atoms. The first kappa shape index (κ1) is 10.1. The molecule has 1 aromatic carbocycles. The molecule has 2 N–H and O–H groups in total. The Morgan fingerprint density at radius 3 is 2.93 bits per heavy atom. The van der Waals surface area contributed by atoms with Gasteiger partial charge >= 0.3 is 0 Å². The number of ether oxygens (including phenoxy) is 1. The minimum atomic E-state index is 0.631. The standard InChI is InChI=1S/C12H18N2O/c1-3-15-11-6-4-5-10-12(11)14-8-9(2)7-13-10/h4-6,9,13-14H,3,7-8H2,1-2H3. The van der Waals surface area contributed by atoms with E-state index in [-0.39, 0.29) is 0 Å². The Kier molecular flexibility index (Phi) is 2.99. The van der Waals surface area contributed by atoms with E-state index in [2.05, 4.69) is 23.6 Å². The van der Waals surface area contributed by atoms with Gasteiger partial charge in [-0.1, -0.05) is 13.0 Å². The lowest BCUT2D eigenvalue weighted by Gasteiger charge is -2.13. The Morgan fingerprint density at radius 1 is 1.33 bits per heavy atom. The van der Waals surface area contributed by atoms with Gasteiger partial charge in [0.25, 0.3) is 0 Å². The van der Waals surface area contributed by atoms with E-state index in [9.17, 15) is 0 Å². The summed E-state index contributed by atoms with van der Waals surface area (Å²) in [4.78, 5) is 0. The Morgan fingerprint density at radius 2 is 2.13 bits per heavy atom. The third kappa shape index (κ3) is 2.17. The molecule has 1 aliphatic rings. The van der Waals surface area contributed by atoms with E-state index in [0.29, 0.717) is 12.5 Å². The SMILES string of the molecule is CCOc1cccc2c1NCC(C)CN2. The van der Waals surface area contributed by atoms with E-state index in [4.69, 9.17) is 4.74 Å². The zero-order valence-electron chi connectivity index (χ0n) is 9.34. The highest BCUT2D eigenvalue weighted by Gasteiger charge is 2.14. The molecule has 2 rings (SSSR count). The first-order valence-electron chi connectivity index (χ1n) is 5.54. The second kappa shape index (κ2) is 4.43. The summed E-state index contributed by atoms with van der Waals surface area (Å²) in [5.41, 5.74) is 2.24. The highest BCUT2D eigenvalue weighted by Crippen LogP contribution is 2.34. The van der Waals surface area contributed by atoms with E-state index in [1.54, 1.807) is 0 Å². The van der Waals surface area contributed by atoms with Crippen LogP contribution in [-0.2, 0) is 0 Å². The van der Waals surface area contributed by atoms with Crippen molar-refractivity contribution in [2.45, 2.75) is 13.8 Å². The Bertz CT molecular complexity index is 338. The van der Waals surface area contributed by atoms with Gasteiger partial charge in [0.15, 0.2) is 0 Å². The maximum atomic E-state index is 5.59. The van der Waals surface area contributed by atoms with Crippen LogP contribution in [0.25, 0.3) is 0 Å². The van der Waals surface area contributed by atoms with Gasteiger partial charge in [0, 0.05) is 13.1 Å². The third-order valence-corrected chi connectivity index (χ3v) is 2.59. The highest BCUT2D eigenvalue weighted by atomic mass is 16.5. The van der Waals surface area contributed by atoms with Crippen molar-refractivity contribution < 1.29 is 4.74 Å². The molecule has 0 radical (unpaired) electrons. The minimum Gasteiger partial charge on any atom is -0.492 e. The molecule has 1 aromatic rings. The molecule has 0 aliphatic carbocycles. The van der Waals surface area contributed by atoms with Crippen LogP contribution in [0.2, 0.25) is 0 Å². The van der Waals surface area contributed by atoms with Crippen molar-refractivity contribution >= 4 is 11.4 Å². The van der Waals surface area contributed by atoms with Crippen molar-refractivity contribution in [3.63, 3.8) is 0 Å². The fourth-order valence-corrected chi connectivity index (χ4v) is 1.77. The summed E-state index contributed by atoms with van der Waals surface area (Å²) >= 11 is 0. The summed E-state index contributed by atoms with van der Waals surface area (Å²) in [5.74, 6) is 1.57. The molecule has 0 saturated heterocycles. The van der Waals surface area contributed by atoms with Crippen molar-refractivity contribution in [3.05, 3.63) is 18.2 Å². The van der Waals surface area contributed by atoms with Gasteiger partial charge in [0.1, 0.15) is 11.4 Å². The average molecular weight is 206 g/mol. The van der Waals surface area contributed by atoms with Crippen molar-refractivity contribution in [1.29, 1.82) is 0 Å². The summed E-state index contributed by atoms with van der Waals surface area (Å²) in [6, 6.07) is 6.12. The van der Waals surface area contributed by atoms with Crippen LogP contribution in [0.1, 0.15) is 13.8 Å². The summed E-state index contributed by atoms with van der Waals surface area (Å²) in [6.07, 6.45) is 0. The minimum absolute atomic E-state index is 0.631. The molecule has 3 heteroatoms. The van der Waals surface area contributed by atoms with Gasteiger partial charge in [-0.15, -0.1) is 0 Å². The topological polar surface area (TPSA) is 33.3 Å². The molecular formula is C12H18N2O. The molecule has 0 fully saturated rings. The second-order valence-corrected chi connectivity index (χ2v) is 3.98. The van der Waals surface area contributed by atoms with Crippen molar-refractivity contribution in [2.75, 3.05) is 30.3 Å². The van der Waals surface area contributed by atoms with Crippen molar-refractivity contribution in [2.24, 2.45) is 5.92 Å². The summed E-state index contributed by atoms with van der Waals surface area (Å²) in [5, 5.41) is 6.87. The highest BCUT2D eigenvalue weighted by molar-refractivity contribution is 5.76. The molecule has 3 nitrogen and oxygen atoms in total. The molecule has 1 atom stereocenters. The number of hydrogen-bond acceptors (Lipinski definition) is 3. The number of fused-ring (bicyclic) bond motifs is 1. The lowest BCUT2D eigenvalue weighted by molar-refractivity contribution is 0.342. The largest absolute Gasteiger partial charge is 0.492 e. The normalized spacial score (nSPS) is 19.5. The zero-order chi connectivity index (χ0) is 10.7. The number of anilines is 2. The molecule has 0 amide bonds. The van der Waals surface area contributed by atoms with E-state index >= 15 is 0 Å². The lowest BCUT2D eigenvalue weighted by Crippen LogP contribution is -2.14. The predicted octanol–water partition coefficient (Wildman–Crippen LogP) is 2.56. The molecule has 0 aromatic heterocycles. The van der Waals surface area contributed by atoms with Crippen molar-refractivity contribution in [3.8, 4) is 5.75 Å². The van der Waals surface area contributed by atoms with Gasteiger partial charge in [-0.2, -0.15) is 0 Å². The number of rotatable bonds is 2. The van der Waals surface area contributed by atoms with Gasteiger partial charge in [-0.05, 0) is 25.0 Å². The quantitative estimate of drug-likeness (QED) is 0.780. The molecule has 82 valence electrons. The van der Waals surface area contributed by atoms with Gasteiger partial charge in [0.2, 0.25) is 0 Å². The summed E-state index contributed by atoms with van der Waals surface area (Å²) < 4.78 is 5.59. The molecule has 0 bridgehead atoms. The van der Waals surface area contributed by atoms with Crippen LogP contribution in [0.5, 0.6) is 5.75 Å². The Labute approximate surface area is 90.8 Å². The van der Waals surface area contributed by atoms with E-state index in [0.717, 1.165) is 30.2 Å². The van der Waals surface area contributed by atoms with Crippen LogP contribution in [0, 0.1) is 5.92 Å². The predicted molar refractivity (Wildman–Crippen MR) is 63.8 cm³/mol. The van der Waals surface area contributed by atoms with Crippen LogP contribution >= 0.6 is 0 Å². The van der Waals surface area contributed by atoms with E-state index in [1.807, 2.05) is 19.1 Å². The molecular weight excluding hydrogens is 188 g/mol. The number of benzene rings is 1. The molecule has 15 heavy (non-hydrogen) atoms. The average Bonchev–Trinajstić information content (AvgIpc) is 2.43. The third-order valence-electron chi connectivity index (χ3n) is 2.59. The van der Waals surface area contributed by atoms with Crippen molar-refractivity contribution in [1.82, 2.24) is 0 Å². The van der Waals surface area contributed by atoms with Gasteiger partial charge in [-0.3, -0.25) is 0 Å². The zero-order valence-corrected chi connectivity index (χ0v) is 9.34. The first-order chi connectivity index (χ1) is 7.31. The van der Waals surface area contributed by atoms with E-state index < -0.39 is 0 Å². The first-order valence-corrected chi connectivity index (χ1v) is 5.54. The maximum Gasteiger partial charge on any atom is 0.144 e. The smallest absolute Gasteiger partial charge is 0.144 e. The van der Waals surface area contributed by atoms with Gasteiger partial charge < -0.3 is 15.4 Å². The fourth-order valence-electron chi connectivity index (χ4n) is 1.77. The number of nitrogens with one attached hydrogen (secondary N) is 2. The number of para-hydroxylation sites is 1. The van der Waals surface area contributed by atoms with Gasteiger partial charge in [0.05, 0.1) is 12.3 Å². The van der Waals surface area contributed by atoms with Crippen LogP contribution in [0.3, 0.4) is 0 Å². The Balaban J connectivity index is 2.29. The van der Waals surface area contributed by atoms with E-state index in [1.165, 1.54) is 0 Å². The Hall–Kier alpha value is -1.38. The van der Waals surface area contributed by atoms with Gasteiger partial charge in [-0.25, -0.2) is 0 Å². The monoisotopic (exact) mass is 206 g/mol. The lowest BCUT2D eigenvalue weighted by atomic mass is 10.2. The fraction of sp³-hybridized carbons (Fsp3) is 0.500. The molecule has 1 heterocycles. The second-order valence-electron chi connectivity index (χ2n) is 3.98. The van der Waals surface area contributed by atoms with Crippen LogP contribution in [0.4, 0.5) is 11.4 Å². The number of hydrogen-bond donors (Lipinski definition) is 2. The molecule has 0 saturated carbocycles. The summed E-state index contributed by atoms with van der Waals surface area (Å²) in [6.45, 7) is 6.94. The van der Waals surface area contributed by atoms with Crippen LogP contribution < -0.4 is 15.4 Å². The molecule has 1 aliphatic heterocycles. The molecule has 1 unspecified atom stereocenters.